The van der Waals surface area contributed by atoms with Crippen LogP contribution >= 0.6 is 0 Å². The van der Waals surface area contributed by atoms with E-state index in [4.69, 9.17) is 0 Å². The number of benzene rings is 1. The number of hydrazine groups is 1. The standard InChI is InChI=1S/C15H16N4O2/c1-2-11-4-3-5-13(10-11)17-15(21)19-18-14(20)12-6-8-16-9-7-12/h3-10H,2H2,1H3,(H,18,20)(H2,17,19,21). The Morgan fingerprint density at radius 2 is 1.86 bits per heavy atom. The first-order valence-electron chi connectivity index (χ1n) is 6.55. The van der Waals surface area contributed by atoms with Gasteiger partial charge in [0.2, 0.25) is 0 Å². The van der Waals surface area contributed by atoms with Crippen LogP contribution in [0.4, 0.5) is 10.5 Å². The maximum atomic E-state index is 11.7. The topological polar surface area (TPSA) is 83.1 Å². The Labute approximate surface area is 122 Å². The minimum atomic E-state index is -0.509. The Hall–Kier alpha value is -2.89. The summed E-state index contributed by atoms with van der Waals surface area (Å²) in [5, 5.41) is 2.65. The first kappa shape index (κ1) is 14.5. The average molecular weight is 284 g/mol. The number of aromatic nitrogens is 1. The molecular formula is C15H16N4O2. The predicted molar refractivity (Wildman–Crippen MR) is 79.7 cm³/mol. The van der Waals surface area contributed by atoms with Gasteiger partial charge in [0.15, 0.2) is 0 Å². The summed E-state index contributed by atoms with van der Waals surface area (Å²) in [5.74, 6) is -0.408. The molecule has 3 N–H and O–H groups in total. The molecule has 3 amide bonds. The second-order valence-electron chi connectivity index (χ2n) is 4.32. The van der Waals surface area contributed by atoms with Gasteiger partial charge >= 0.3 is 6.03 Å². The number of nitrogens with zero attached hydrogens (tertiary/aromatic N) is 1. The Balaban J connectivity index is 1.86. The van der Waals surface area contributed by atoms with E-state index in [2.05, 4.69) is 21.2 Å². The van der Waals surface area contributed by atoms with E-state index >= 15 is 0 Å². The first-order valence-corrected chi connectivity index (χ1v) is 6.55. The van der Waals surface area contributed by atoms with E-state index in [9.17, 15) is 9.59 Å². The maximum Gasteiger partial charge on any atom is 0.337 e. The summed E-state index contributed by atoms with van der Waals surface area (Å²) in [7, 11) is 0. The van der Waals surface area contributed by atoms with Crippen LogP contribution < -0.4 is 16.2 Å². The van der Waals surface area contributed by atoms with Crippen LogP contribution in [-0.4, -0.2) is 16.9 Å². The molecule has 2 rings (SSSR count). The summed E-state index contributed by atoms with van der Waals surface area (Å²) >= 11 is 0. The van der Waals surface area contributed by atoms with Crippen molar-refractivity contribution < 1.29 is 9.59 Å². The smallest absolute Gasteiger partial charge is 0.307 e. The first-order chi connectivity index (χ1) is 10.2. The van der Waals surface area contributed by atoms with E-state index in [0.29, 0.717) is 11.3 Å². The van der Waals surface area contributed by atoms with Gasteiger partial charge in [-0.15, -0.1) is 0 Å². The molecule has 0 saturated heterocycles. The number of urea groups is 1. The number of aryl methyl sites for hydroxylation is 1. The molecule has 0 aliphatic heterocycles. The number of hydrogen-bond donors (Lipinski definition) is 3. The highest BCUT2D eigenvalue weighted by molar-refractivity contribution is 5.96. The summed E-state index contributed by atoms with van der Waals surface area (Å²) in [6.45, 7) is 2.04. The molecule has 0 unspecified atom stereocenters. The summed E-state index contributed by atoms with van der Waals surface area (Å²) in [6, 6.07) is 10.1. The van der Waals surface area contributed by atoms with Crippen LogP contribution in [0.5, 0.6) is 0 Å². The van der Waals surface area contributed by atoms with E-state index in [1.54, 1.807) is 18.2 Å². The van der Waals surface area contributed by atoms with Crippen LogP contribution in [0.2, 0.25) is 0 Å². The summed E-state index contributed by atoms with van der Waals surface area (Å²) in [5.41, 5.74) is 6.82. The summed E-state index contributed by atoms with van der Waals surface area (Å²) in [6.07, 6.45) is 3.90. The van der Waals surface area contributed by atoms with Gasteiger partial charge < -0.3 is 5.32 Å². The number of amides is 3. The fourth-order valence-electron chi connectivity index (χ4n) is 1.72. The lowest BCUT2D eigenvalue weighted by Crippen LogP contribution is -2.43. The van der Waals surface area contributed by atoms with Crippen molar-refractivity contribution in [1.82, 2.24) is 15.8 Å². The third-order valence-corrected chi connectivity index (χ3v) is 2.83. The van der Waals surface area contributed by atoms with Gasteiger partial charge in [0.1, 0.15) is 0 Å². The largest absolute Gasteiger partial charge is 0.337 e. The van der Waals surface area contributed by atoms with Crippen molar-refractivity contribution in [2.75, 3.05) is 5.32 Å². The van der Waals surface area contributed by atoms with Crippen LogP contribution in [-0.2, 0) is 6.42 Å². The zero-order chi connectivity index (χ0) is 15.1. The molecule has 108 valence electrons. The summed E-state index contributed by atoms with van der Waals surface area (Å²) in [4.78, 5) is 27.2. The fourth-order valence-corrected chi connectivity index (χ4v) is 1.72. The van der Waals surface area contributed by atoms with Crippen LogP contribution in [0, 0.1) is 0 Å². The van der Waals surface area contributed by atoms with Crippen molar-refractivity contribution in [3.63, 3.8) is 0 Å². The second kappa shape index (κ2) is 7.04. The second-order valence-corrected chi connectivity index (χ2v) is 4.32. The van der Waals surface area contributed by atoms with Crippen molar-refractivity contribution in [3.05, 3.63) is 59.9 Å². The van der Waals surface area contributed by atoms with E-state index in [-0.39, 0.29) is 0 Å². The maximum absolute atomic E-state index is 11.7. The monoisotopic (exact) mass is 284 g/mol. The summed E-state index contributed by atoms with van der Waals surface area (Å²) < 4.78 is 0. The zero-order valence-corrected chi connectivity index (χ0v) is 11.6. The van der Waals surface area contributed by atoms with E-state index in [1.807, 2.05) is 25.1 Å². The number of rotatable bonds is 3. The van der Waals surface area contributed by atoms with Gasteiger partial charge in [-0.3, -0.25) is 15.2 Å². The molecule has 0 radical (unpaired) electrons. The van der Waals surface area contributed by atoms with Gasteiger partial charge in [-0.25, -0.2) is 10.2 Å². The lowest BCUT2D eigenvalue weighted by atomic mass is 10.1. The third-order valence-electron chi connectivity index (χ3n) is 2.83. The third kappa shape index (κ3) is 4.31. The molecular weight excluding hydrogens is 268 g/mol. The van der Waals surface area contributed by atoms with Crippen LogP contribution in [0.25, 0.3) is 0 Å². The SMILES string of the molecule is CCc1cccc(NC(=O)NNC(=O)c2ccncc2)c1. The number of carbonyl (C=O) groups is 2. The molecule has 0 bridgehead atoms. The van der Waals surface area contributed by atoms with Gasteiger partial charge in [0.25, 0.3) is 5.91 Å². The molecule has 0 aliphatic rings. The number of nitrogens with one attached hydrogen (secondary N) is 3. The van der Waals surface area contributed by atoms with Crippen LogP contribution in [0.3, 0.4) is 0 Å². The number of anilines is 1. The van der Waals surface area contributed by atoms with Crippen molar-refractivity contribution in [3.8, 4) is 0 Å². The minimum Gasteiger partial charge on any atom is -0.307 e. The van der Waals surface area contributed by atoms with Crippen molar-refractivity contribution in [2.24, 2.45) is 0 Å². The molecule has 0 spiro atoms. The molecule has 0 fully saturated rings. The molecule has 1 aromatic heterocycles. The highest BCUT2D eigenvalue weighted by atomic mass is 16.2. The highest BCUT2D eigenvalue weighted by Crippen LogP contribution is 2.10. The molecule has 6 nitrogen and oxygen atoms in total. The number of pyridine rings is 1. The van der Waals surface area contributed by atoms with Crippen molar-refractivity contribution in [2.45, 2.75) is 13.3 Å². The Kier molecular flexibility index (Phi) is 4.87. The molecule has 21 heavy (non-hydrogen) atoms. The molecule has 1 heterocycles. The van der Waals surface area contributed by atoms with E-state index < -0.39 is 11.9 Å². The number of hydrogen-bond acceptors (Lipinski definition) is 3. The molecule has 0 aliphatic carbocycles. The molecule has 1 aromatic carbocycles. The quantitative estimate of drug-likeness (QED) is 0.755. The highest BCUT2D eigenvalue weighted by Gasteiger charge is 2.06. The average Bonchev–Trinajstić information content (AvgIpc) is 2.53. The van der Waals surface area contributed by atoms with E-state index in [1.165, 1.54) is 12.4 Å². The van der Waals surface area contributed by atoms with Gasteiger partial charge in [-0.2, -0.15) is 0 Å². The molecule has 2 aromatic rings. The minimum absolute atomic E-state index is 0.408. The van der Waals surface area contributed by atoms with E-state index in [0.717, 1.165) is 12.0 Å². The predicted octanol–water partition coefficient (Wildman–Crippen LogP) is 2.11. The van der Waals surface area contributed by atoms with Crippen LogP contribution in [0.15, 0.2) is 48.8 Å². The number of carbonyl (C=O) groups excluding carboxylic acids is 2. The van der Waals surface area contributed by atoms with Gasteiger partial charge in [-0.1, -0.05) is 19.1 Å². The fraction of sp³-hybridized carbons (Fsp3) is 0.133. The van der Waals surface area contributed by atoms with Gasteiger partial charge in [-0.05, 0) is 36.2 Å². The Morgan fingerprint density at radius 3 is 2.57 bits per heavy atom. The van der Waals surface area contributed by atoms with Gasteiger partial charge in [0.05, 0.1) is 0 Å². The van der Waals surface area contributed by atoms with Crippen molar-refractivity contribution in [1.29, 1.82) is 0 Å². The molecule has 0 saturated carbocycles. The Morgan fingerprint density at radius 1 is 1.10 bits per heavy atom. The molecule has 0 atom stereocenters. The van der Waals surface area contributed by atoms with Gasteiger partial charge in [0, 0.05) is 23.6 Å². The van der Waals surface area contributed by atoms with Crippen LogP contribution in [0.1, 0.15) is 22.8 Å². The normalized spacial score (nSPS) is 9.76. The molecule has 6 heteroatoms. The van der Waals surface area contributed by atoms with Crippen molar-refractivity contribution >= 4 is 17.6 Å². The lowest BCUT2D eigenvalue weighted by Gasteiger charge is -2.09. The Bertz CT molecular complexity index is 629. The zero-order valence-electron chi connectivity index (χ0n) is 11.6. The lowest BCUT2D eigenvalue weighted by molar-refractivity contribution is 0.0938.